The van der Waals surface area contributed by atoms with E-state index in [1.54, 1.807) is 0 Å². The molecule has 5 rings (SSSR count). The van der Waals surface area contributed by atoms with Crippen molar-refractivity contribution in [3.05, 3.63) is 0 Å². The first-order chi connectivity index (χ1) is 66.2. The summed E-state index contributed by atoms with van der Waals surface area (Å²) in [5.74, 6) is -9.40. The monoisotopic (exact) mass is 1990 g/mol. The van der Waals surface area contributed by atoms with Crippen molar-refractivity contribution in [1.82, 2.24) is 57.7 Å². The van der Waals surface area contributed by atoms with Gasteiger partial charge in [-0.2, -0.15) is 0 Å². The predicted octanol–water partition coefficient (Wildman–Crippen LogP) is -0.953. The number of aliphatic hydroxyl groups excluding tert-OH is 1. The van der Waals surface area contributed by atoms with E-state index in [9.17, 15) is 72.2 Å². The van der Waals surface area contributed by atoms with Gasteiger partial charge in [0, 0.05) is 93.9 Å². The highest BCUT2D eigenvalue weighted by atomic mass is 16.7. The quantitative estimate of drug-likeness (QED) is 0.0199. The smallest absolute Gasteiger partial charge is 0.302 e. The van der Waals surface area contributed by atoms with Gasteiger partial charge in [0.1, 0.15) is 52.0 Å². The lowest BCUT2D eigenvalue weighted by Gasteiger charge is -2.44. The lowest BCUT2D eigenvalue weighted by Crippen LogP contribution is -2.58. The number of esters is 4. The zero-order valence-electron chi connectivity index (χ0n) is 84.1. The third-order valence-electron chi connectivity index (χ3n) is 25.3. The SMILES string of the molecule is CC(=O)NC1C(OCCOCCOCCNC(=O)CN(CC(=O)NCCOCCOCCOC2OC(COC(C)=O)C(C)C(C)C2NC(C)=O)C(=O)CCC(NC(=O)C2CCC(O)CC2)C(=O)N(CC(=O)NCCOCCOCCOC2OC(COC(C)=O)C(C)C(C)C2NC(C)=O)CC(=O)NCCOCCOCCOC2OC(COC(C)=O)C(C)C(C)C2NC(C)=O)CC(COC(C)=O)C(C)C1C. The average Bonchev–Trinajstić information content (AvgIpc) is 0.815. The Hall–Kier alpha value is -8.59. The summed E-state index contributed by atoms with van der Waals surface area (Å²) in [7, 11) is 0. The van der Waals surface area contributed by atoms with Gasteiger partial charge >= 0.3 is 23.9 Å². The Morgan fingerprint density at radius 3 is 0.950 bits per heavy atom. The number of amides is 11. The van der Waals surface area contributed by atoms with Gasteiger partial charge in [0.15, 0.2) is 18.9 Å². The van der Waals surface area contributed by atoms with Crippen LogP contribution in [0.15, 0.2) is 0 Å². The molecule has 0 radical (unpaired) electrons. The highest BCUT2D eigenvalue weighted by Gasteiger charge is 2.48. The maximum Gasteiger partial charge on any atom is 0.302 e. The highest BCUT2D eigenvalue weighted by Crippen LogP contribution is 2.38. The second-order valence-corrected chi connectivity index (χ2v) is 36.0. The van der Waals surface area contributed by atoms with Crippen molar-refractivity contribution in [2.24, 2.45) is 59.2 Å². The van der Waals surface area contributed by atoms with E-state index in [1.165, 1.54) is 55.4 Å². The van der Waals surface area contributed by atoms with Gasteiger partial charge in [-0.25, -0.2) is 0 Å². The van der Waals surface area contributed by atoms with Crippen molar-refractivity contribution < 1.29 is 167 Å². The molecule has 21 atom stereocenters. The van der Waals surface area contributed by atoms with E-state index >= 15 is 4.79 Å². The molecule has 46 nitrogen and oxygen atoms in total. The van der Waals surface area contributed by atoms with Crippen LogP contribution in [0.5, 0.6) is 0 Å². The van der Waals surface area contributed by atoms with E-state index < -0.39 is 172 Å². The van der Waals surface area contributed by atoms with Gasteiger partial charge in [0.05, 0.1) is 193 Å². The normalized spacial score (nSPS) is 26.4. The summed E-state index contributed by atoms with van der Waals surface area (Å²) in [6, 6.07) is -3.42. The van der Waals surface area contributed by atoms with Gasteiger partial charge in [-0.05, 0) is 91.8 Å². The molecule has 5 aliphatic rings. The molecule has 796 valence electrons. The van der Waals surface area contributed by atoms with Crippen molar-refractivity contribution in [3.63, 3.8) is 0 Å². The van der Waals surface area contributed by atoms with Gasteiger partial charge in [0.25, 0.3) is 0 Å². The van der Waals surface area contributed by atoms with Crippen LogP contribution in [0.4, 0.5) is 0 Å². The maximum absolute atomic E-state index is 15.3. The third-order valence-corrected chi connectivity index (χ3v) is 25.3. The van der Waals surface area contributed by atoms with Gasteiger partial charge in [-0.3, -0.25) is 71.9 Å². The summed E-state index contributed by atoms with van der Waals surface area (Å²) >= 11 is 0. The number of carbonyl (C=O) groups excluding carboxylic acids is 15. The van der Waals surface area contributed by atoms with E-state index in [0.717, 1.165) is 9.80 Å². The van der Waals surface area contributed by atoms with E-state index in [1.807, 2.05) is 48.5 Å². The topological polar surface area (TPSA) is 566 Å². The first-order valence-electron chi connectivity index (χ1n) is 48.5. The molecule has 0 bridgehead atoms. The Morgan fingerprint density at radius 2 is 0.626 bits per heavy atom. The highest BCUT2D eigenvalue weighted by molar-refractivity contribution is 5.95. The van der Waals surface area contributed by atoms with E-state index in [-0.39, 0.29) is 305 Å². The molecule has 139 heavy (non-hydrogen) atoms. The molecule has 0 aromatic heterocycles. The Balaban J connectivity index is 1.26. The van der Waals surface area contributed by atoms with Crippen LogP contribution in [0.1, 0.15) is 156 Å². The van der Waals surface area contributed by atoms with E-state index in [0.29, 0.717) is 6.42 Å². The zero-order chi connectivity index (χ0) is 102. The number of aliphatic hydroxyl groups is 1. The molecule has 11 amide bonds. The minimum absolute atomic E-state index is 0.000972. The summed E-state index contributed by atoms with van der Waals surface area (Å²) in [6.07, 6.45) is -4.72. The second-order valence-electron chi connectivity index (χ2n) is 36.0. The van der Waals surface area contributed by atoms with Crippen molar-refractivity contribution in [1.29, 1.82) is 0 Å². The van der Waals surface area contributed by atoms with Gasteiger partial charge in [0.2, 0.25) is 65.0 Å². The molecule has 0 aromatic carbocycles. The van der Waals surface area contributed by atoms with Crippen molar-refractivity contribution >= 4 is 88.9 Å². The summed E-state index contributed by atoms with van der Waals surface area (Å²) in [4.78, 5) is 197. The number of nitrogens with zero attached hydrogens (tertiary/aromatic N) is 2. The fraction of sp³-hybridized carbons (Fsp3) is 0.839. The van der Waals surface area contributed by atoms with Crippen LogP contribution in [0.3, 0.4) is 0 Å². The number of hydrogen-bond acceptors (Lipinski definition) is 35. The zero-order valence-corrected chi connectivity index (χ0v) is 84.1. The van der Waals surface area contributed by atoms with Crippen LogP contribution < -0.4 is 47.9 Å². The molecule has 3 heterocycles. The lowest BCUT2D eigenvalue weighted by atomic mass is 9.70. The van der Waals surface area contributed by atoms with Gasteiger partial charge in [-0.15, -0.1) is 0 Å². The second kappa shape index (κ2) is 67.0. The van der Waals surface area contributed by atoms with Crippen LogP contribution in [0.25, 0.3) is 0 Å². The van der Waals surface area contributed by atoms with Crippen molar-refractivity contribution in [2.45, 2.75) is 235 Å². The van der Waals surface area contributed by atoms with Crippen molar-refractivity contribution in [2.75, 3.05) is 211 Å². The average molecular weight is 1990 g/mol. The molecule has 0 spiro atoms. The van der Waals surface area contributed by atoms with Crippen molar-refractivity contribution in [3.8, 4) is 0 Å². The van der Waals surface area contributed by atoms with Gasteiger partial charge in [-0.1, -0.05) is 55.4 Å². The molecule has 10 N–H and O–H groups in total. The number of hydrogen-bond donors (Lipinski definition) is 10. The molecule has 0 aromatic rings. The summed E-state index contributed by atoms with van der Waals surface area (Å²) in [5.41, 5.74) is 0. The number of nitrogens with one attached hydrogen (secondary N) is 9. The minimum Gasteiger partial charge on any atom is -0.466 e. The molecule has 3 aliphatic heterocycles. The van der Waals surface area contributed by atoms with Crippen LogP contribution in [-0.2, 0) is 162 Å². The fourth-order valence-corrected chi connectivity index (χ4v) is 16.8. The van der Waals surface area contributed by atoms with Gasteiger partial charge < -0.3 is 153 Å². The number of ether oxygens (including phenoxy) is 19. The van der Waals surface area contributed by atoms with Crippen LogP contribution >= 0.6 is 0 Å². The summed E-state index contributed by atoms with van der Waals surface area (Å²) < 4.78 is 110. The largest absolute Gasteiger partial charge is 0.466 e. The molecular formula is C93H159N11O35. The standard InChI is InChI=1S/C93H159N11O35/c1-56-60(5)85(98-64(9)105)76(47-73(56)52-133-68(13)109)129-43-39-125-35-31-121-27-23-94-80(114)48-103(49-81(115)95-24-28-122-32-36-126-40-44-130-91-86(99-65(10)106)61(6)57(2)77(137-91)53-134-69(14)110)84(118)22-21-75(102-89(119)72-17-19-74(113)20-18-72)90(120)104(50-82(116)96-25-29-123-33-37-127-41-45-131-92-87(100-66(11)107)62(7)58(3)78(138-92)54-135-70(15)111)51-83(117)97-26-30-124-34-38-128-42-46-132-93-88(101-67(12)108)63(8)59(4)79(139-93)55-136-71(16)112/h56-63,72-79,85-88,91-93,113H,17-55H2,1-16H3,(H,94,114)(H,95,115)(H,96,116)(H,97,117)(H,98,105)(H,99,106)(H,100,107)(H,101,108)(H,102,119). The lowest BCUT2D eigenvalue weighted by molar-refractivity contribution is -0.247. The third kappa shape index (κ3) is 47.5. The molecular weight excluding hydrogens is 1830 g/mol. The summed E-state index contributed by atoms with van der Waals surface area (Å²) in [5, 5.41) is 35.7. The molecule has 3 saturated heterocycles. The first-order valence-corrected chi connectivity index (χ1v) is 48.5. The molecule has 2 aliphatic carbocycles. The minimum atomic E-state index is -1.62. The molecule has 2 saturated carbocycles. The van der Waals surface area contributed by atoms with Crippen LogP contribution in [-0.4, -0.2) is 394 Å². The molecule has 21 unspecified atom stereocenters. The van der Waals surface area contributed by atoms with Crippen LogP contribution in [0.2, 0.25) is 0 Å². The number of carbonyl (C=O) groups is 15. The Bertz CT molecular complexity index is 3540. The first kappa shape index (κ1) is 121. The molecule has 5 fully saturated rings. The maximum atomic E-state index is 15.3. The van der Waals surface area contributed by atoms with Crippen LogP contribution in [0, 0.1) is 59.2 Å². The number of rotatable bonds is 66. The Morgan fingerprint density at radius 1 is 0.338 bits per heavy atom. The fourth-order valence-electron chi connectivity index (χ4n) is 16.8. The predicted molar refractivity (Wildman–Crippen MR) is 493 cm³/mol. The molecule has 46 heteroatoms. The van der Waals surface area contributed by atoms with E-state index in [4.69, 9.17) is 90.0 Å². The Labute approximate surface area is 815 Å². The van der Waals surface area contributed by atoms with E-state index in [2.05, 4.69) is 54.8 Å². The summed E-state index contributed by atoms with van der Waals surface area (Å²) in [6.45, 7) is 25.0. The Kier molecular flexibility index (Phi) is 58.3.